The molecule has 1 aromatic carbocycles. The van der Waals surface area contributed by atoms with Crippen LogP contribution in [0, 0.1) is 0 Å². The topological polar surface area (TPSA) is 6.48 Å². The van der Waals surface area contributed by atoms with Crippen LogP contribution in [-0.2, 0) is 0 Å². The Labute approximate surface area is 100 Å². The first kappa shape index (κ1) is 11.9. The summed E-state index contributed by atoms with van der Waals surface area (Å²) in [4.78, 5) is 5.03. The molecule has 86 valence electrons. The second-order valence-corrected chi connectivity index (χ2v) is 9.96. The van der Waals surface area contributed by atoms with E-state index in [2.05, 4.69) is 67.1 Å². The highest BCUT2D eigenvalue weighted by atomic mass is 28.3. The maximum atomic E-state index is 2.51. The monoisotopic (exact) mass is 232 g/mol. The van der Waals surface area contributed by atoms with Crippen molar-refractivity contribution in [3.8, 4) is 0 Å². The molecule has 1 aromatic rings. The summed E-state index contributed by atoms with van der Waals surface area (Å²) in [5, 5.41) is 1.56. The first-order chi connectivity index (χ1) is 7.53. The molecule has 0 N–H and O–H groups in total. The zero-order valence-electron chi connectivity index (χ0n) is 10.8. The number of hydrogen-bond donors (Lipinski definition) is 0. The molecule has 0 spiro atoms. The molecule has 0 bridgehead atoms. The molecule has 1 fully saturated rings. The van der Waals surface area contributed by atoms with Gasteiger partial charge in [0.05, 0.1) is 7.94 Å². The first-order valence-electron chi connectivity index (χ1n) is 5.99. The Kier molecular flexibility index (Phi) is 3.24. The van der Waals surface area contributed by atoms with Gasteiger partial charge in [0.25, 0.3) is 6.57 Å². The Morgan fingerprint density at radius 2 is 1.50 bits per heavy atom. The lowest BCUT2D eigenvalue weighted by Crippen LogP contribution is -2.65. The van der Waals surface area contributed by atoms with Gasteiger partial charge in [0.2, 0.25) is 0 Å². The molecule has 0 aromatic heterocycles. The number of likely N-dealkylation sites (N-methyl/N-ethyl adjacent to an activating group) is 2. The second-order valence-electron chi connectivity index (χ2n) is 5.42. The molecule has 2 nitrogen and oxygen atoms in total. The van der Waals surface area contributed by atoms with Crippen LogP contribution in [0.1, 0.15) is 0 Å². The highest BCUT2D eigenvalue weighted by molar-refractivity contribution is 7.36. The molecule has 0 radical (unpaired) electrons. The SMILES string of the molecule is CN1CCN(C)B1[Si](C)(C)c1ccccc1. The van der Waals surface area contributed by atoms with Gasteiger partial charge in [-0.2, -0.15) is 0 Å². The fourth-order valence-corrected chi connectivity index (χ4v) is 6.83. The van der Waals surface area contributed by atoms with Gasteiger partial charge in [-0.15, -0.1) is 0 Å². The Morgan fingerprint density at radius 1 is 1.00 bits per heavy atom. The van der Waals surface area contributed by atoms with Crippen LogP contribution < -0.4 is 5.19 Å². The van der Waals surface area contributed by atoms with E-state index < -0.39 is 7.94 Å². The van der Waals surface area contributed by atoms with Gasteiger partial charge in [-0.3, -0.25) is 0 Å². The van der Waals surface area contributed by atoms with Gasteiger partial charge in [-0.1, -0.05) is 48.6 Å². The third kappa shape index (κ3) is 1.97. The van der Waals surface area contributed by atoms with Gasteiger partial charge in [-0.25, -0.2) is 0 Å². The summed E-state index contributed by atoms with van der Waals surface area (Å²) in [6, 6.07) is 11.0. The Bertz CT molecular complexity index is 345. The van der Waals surface area contributed by atoms with E-state index in [4.69, 9.17) is 0 Å². The van der Waals surface area contributed by atoms with Crippen LogP contribution in [0.2, 0.25) is 13.1 Å². The molecule has 1 aliphatic heterocycles. The van der Waals surface area contributed by atoms with Gasteiger partial charge in [0.15, 0.2) is 0 Å². The Morgan fingerprint density at radius 3 is 2.00 bits per heavy atom. The predicted octanol–water partition coefficient (Wildman–Crippen LogP) is 1.05. The van der Waals surface area contributed by atoms with Crippen LogP contribution in [0.4, 0.5) is 0 Å². The summed E-state index contributed by atoms with van der Waals surface area (Å²) in [5.74, 6) is 0. The minimum absolute atomic E-state index is 0.634. The molecule has 2 rings (SSSR count). The molecule has 4 heteroatoms. The third-order valence-electron chi connectivity index (χ3n) is 3.80. The van der Waals surface area contributed by atoms with Crippen molar-refractivity contribution in [1.82, 2.24) is 9.62 Å². The Hall–Kier alpha value is -0.578. The number of benzene rings is 1. The largest absolute Gasteiger partial charge is 0.332 e. The molecule has 1 aliphatic rings. The Balaban J connectivity index is 2.31. The molecule has 1 saturated heterocycles. The molecule has 1 heterocycles. The molecule has 0 atom stereocenters. The van der Waals surface area contributed by atoms with Gasteiger partial charge in [0.1, 0.15) is 0 Å². The van der Waals surface area contributed by atoms with E-state index in [1.807, 2.05) is 0 Å². The summed E-state index contributed by atoms with van der Waals surface area (Å²) >= 11 is 0. The minimum Gasteiger partial charge on any atom is -0.332 e. The third-order valence-corrected chi connectivity index (χ3v) is 7.80. The van der Waals surface area contributed by atoms with Crippen LogP contribution in [0.3, 0.4) is 0 Å². The quantitative estimate of drug-likeness (QED) is 0.703. The van der Waals surface area contributed by atoms with Gasteiger partial charge in [-0.05, 0) is 27.2 Å². The zero-order valence-corrected chi connectivity index (χ0v) is 11.8. The predicted molar refractivity (Wildman–Crippen MR) is 74.6 cm³/mol. The van der Waals surface area contributed by atoms with Crippen LogP contribution in [-0.4, -0.2) is 51.3 Å². The van der Waals surface area contributed by atoms with Crippen molar-refractivity contribution in [2.75, 3.05) is 27.2 Å². The van der Waals surface area contributed by atoms with Gasteiger partial charge < -0.3 is 9.62 Å². The smallest absolute Gasteiger partial charge is 0.300 e. The van der Waals surface area contributed by atoms with Crippen molar-refractivity contribution in [2.45, 2.75) is 13.1 Å². The summed E-state index contributed by atoms with van der Waals surface area (Å²) in [5.41, 5.74) is 0. The van der Waals surface area contributed by atoms with E-state index in [1.54, 1.807) is 5.19 Å². The fourth-order valence-electron chi connectivity index (χ4n) is 3.02. The van der Waals surface area contributed by atoms with E-state index in [9.17, 15) is 0 Å². The van der Waals surface area contributed by atoms with Gasteiger partial charge >= 0.3 is 0 Å². The summed E-state index contributed by atoms with van der Waals surface area (Å²) in [6.07, 6.45) is 0. The standard InChI is InChI=1S/C12H21BN2Si/c1-14-10-11-15(2)13(14)16(3,4)12-8-6-5-7-9-12/h5-9H,10-11H2,1-4H3. The summed E-state index contributed by atoms with van der Waals surface area (Å²) in [7, 11) is 3.09. The summed E-state index contributed by atoms with van der Waals surface area (Å²) in [6.45, 7) is 7.99. The van der Waals surface area contributed by atoms with E-state index in [-0.39, 0.29) is 0 Å². The van der Waals surface area contributed by atoms with E-state index in [0.717, 1.165) is 0 Å². The van der Waals surface area contributed by atoms with Crippen molar-refractivity contribution in [1.29, 1.82) is 0 Å². The van der Waals surface area contributed by atoms with Crippen molar-refractivity contribution in [3.63, 3.8) is 0 Å². The maximum absolute atomic E-state index is 2.51. The maximum Gasteiger partial charge on any atom is 0.300 e. The molecule has 0 amide bonds. The molecular weight excluding hydrogens is 211 g/mol. The van der Waals surface area contributed by atoms with Gasteiger partial charge in [0, 0.05) is 0 Å². The molecule has 0 saturated carbocycles. The van der Waals surface area contributed by atoms with Crippen LogP contribution >= 0.6 is 0 Å². The number of nitrogens with zero attached hydrogens (tertiary/aromatic N) is 2. The first-order valence-corrected chi connectivity index (χ1v) is 9.07. The highest BCUT2D eigenvalue weighted by Gasteiger charge is 2.46. The van der Waals surface area contributed by atoms with E-state index in [0.29, 0.717) is 6.57 Å². The van der Waals surface area contributed by atoms with Crippen LogP contribution in [0.15, 0.2) is 30.3 Å². The highest BCUT2D eigenvalue weighted by Crippen LogP contribution is 2.17. The molecule has 16 heavy (non-hydrogen) atoms. The summed E-state index contributed by atoms with van der Waals surface area (Å²) < 4.78 is 0. The van der Waals surface area contributed by atoms with Crippen molar-refractivity contribution < 1.29 is 0 Å². The number of hydrogen-bond acceptors (Lipinski definition) is 2. The lowest BCUT2D eigenvalue weighted by molar-refractivity contribution is 0.553. The second kappa shape index (κ2) is 4.36. The lowest BCUT2D eigenvalue weighted by Gasteiger charge is -2.34. The van der Waals surface area contributed by atoms with E-state index in [1.165, 1.54) is 13.1 Å². The molecule has 0 unspecified atom stereocenters. The normalized spacial score (nSPS) is 19.4. The average Bonchev–Trinajstić information content (AvgIpc) is 2.60. The minimum atomic E-state index is -1.42. The number of rotatable bonds is 2. The van der Waals surface area contributed by atoms with E-state index >= 15 is 0 Å². The fraction of sp³-hybridized carbons (Fsp3) is 0.500. The van der Waals surface area contributed by atoms with Crippen molar-refractivity contribution in [3.05, 3.63) is 30.3 Å². The van der Waals surface area contributed by atoms with Crippen LogP contribution in [0.5, 0.6) is 0 Å². The lowest BCUT2D eigenvalue weighted by atomic mass is 10.1. The van der Waals surface area contributed by atoms with Crippen LogP contribution in [0.25, 0.3) is 0 Å². The zero-order chi connectivity index (χ0) is 11.8. The molecule has 0 aliphatic carbocycles. The van der Waals surface area contributed by atoms with Crippen molar-refractivity contribution in [2.24, 2.45) is 0 Å². The van der Waals surface area contributed by atoms with Crippen molar-refractivity contribution >= 4 is 19.7 Å². The average molecular weight is 232 g/mol. The molecular formula is C12H21BN2Si.